The van der Waals surface area contributed by atoms with Crippen LogP contribution in [0.5, 0.6) is 0 Å². The summed E-state index contributed by atoms with van der Waals surface area (Å²) in [4.78, 5) is 0.237. The van der Waals surface area contributed by atoms with Gasteiger partial charge in [-0.25, -0.2) is 8.42 Å². The smallest absolute Gasteiger partial charge is 0.538 e. The summed E-state index contributed by atoms with van der Waals surface area (Å²) in [7, 11) is -3.60. The van der Waals surface area contributed by atoms with Gasteiger partial charge in [-0.3, -0.25) is 0 Å². The fourth-order valence-corrected chi connectivity index (χ4v) is 2.91. The second-order valence-electron chi connectivity index (χ2n) is 4.48. The minimum atomic E-state index is -3.60. The van der Waals surface area contributed by atoms with E-state index >= 15 is 0 Å². The maximum atomic E-state index is 12.2. The molecule has 5 heteroatoms. The molecule has 0 saturated heterocycles. The summed E-state index contributed by atoms with van der Waals surface area (Å²) in [5.74, 6) is 0. The Morgan fingerprint density at radius 2 is 1.50 bits per heavy atom. The van der Waals surface area contributed by atoms with E-state index in [4.69, 9.17) is 0 Å². The van der Waals surface area contributed by atoms with E-state index in [1.54, 1.807) is 31.2 Å². The molecule has 0 amide bonds. The van der Waals surface area contributed by atoms with Gasteiger partial charge in [-0.15, -0.1) is 6.04 Å². The van der Waals surface area contributed by atoms with Gasteiger partial charge in [-0.2, -0.15) is 0 Å². The third-order valence-corrected chi connectivity index (χ3v) is 4.36. The zero-order valence-corrected chi connectivity index (χ0v) is 15.9. The molecule has 20 heavy (non-hydrogen) atoms. The van der Waals surface area contributed by atoms with Crippen molar-refractivity contribution in [2.24, 2.45) is 0 Å². The first-order valence-corrected chi connectivity index (χ1v) is 7.52. The Hall–Kier alpha value is -0.0136. The molecule has 0 unspecified atom stereocenters. The van der Waals surface area contributed by atoms with E-state index in [1.165, 1.54) is 0 Å². The molecule has 0 aliphatic heterocycles. The second-order valence-corrected chi connectivity index (χ2v) is 6.11. The number of benzene rings is 2. The second kappa shape index (κ2) is 7.84. The predicted molar refractivity (Wildman–Crippen MR) is 76.6 cm³/mol. The van der Waals surface area contributed by atoms with Gasteiger partial charge in [0.05, 0.1) is 0 Å². The average molecular weight is 313 g/mol. The van der Waals surface area contributed by atoms with Crippen molar-refractivity contribution >= 4 is 10.0 Å². The molecule has 0 N–H and O–H groups in total. The van der Waals surface area contributed by atoms with Crippen molar-refractivity contribution in [1.29, 1.82) is 0 Å². The van der Waals surface area contributed by atoms with Crippen molar-refractivity contribution in [1.82, 2.24) is 0 Å². The summed E-state index contributed by atoms with van der Waals surface area (Å²) >= 11 is 0. The van der Waals surface area contributed by atoms with Gasteiger partial charge < -0.3 is 4.72 Å². The predicted octanol–water partition coefficient (Wildman–Crippen LogP) is 0.823. The Kier molecular flexibility index (Phi) is 7.07. The van der Waals surface area contributed by atoms with Crippen LogP contribution in [0.1, 0.15) is 24.1 Å². The van der Waals surface area contributed by atoms with Crippen LogP contribution in [0.4, 0.5) is 0 Å². The summed E-state index contributed by atoms with van der Waals surface area (Å²) in [6.45, 7) is 3.70. The van der Waals surface area contributed by atoms with Crippen LogP contribution in [0.3, 0.4) is 0 Å². The van der Waals surface area contributed by atoms with Crippen molar-refractivity contribution in [3.05, 3.63) is 70.4 Å². The van der Waals surface area contributed by atoms with Gasteiger partial charge in [0.25, 0.3) is 0 Å². The van der Waals surface area contributed by atoms with Crippen molar-refractivity contribution < 1.29 is 59.8 Å². The first kappa shape index (κ1) is 18.0. The van der Waals surface area contributed by atoms with E-state index in [-0.39, 0.29) is 62.3 Å². The molecular weight excluding hydrogens is 297 g/mol. The summed E-state index contributed by atoms with van der Waals surface area (Å²) in [5, 5.41) is 0. The molecule has 2 aromatic rings. The van der Waals surface area contributed by atoms with Crippen LogP contribution < -0.4 is 51.4 Å². The molecule has 0 saturated carbocycles. The summed E-state index contributed by atoms with van der Waals surface area (Å²) < 4.78 is 28.3. The zero-order chi connectivity index (χ0) is 13.9. The Morgan fingerprint density at radius 3 is 2.05 bits per heavy atom. The van der Waals surface area contributed by atoms with Crippen molar-refractivity contribution in [3.63, 3.8) is 0 Å². The molecule has 0 fully saturated rings. The molecule has 0 aliphatic carbocycles. The molecule has 0 aromatic heterocycles. The molecule has 100 valence electrons. The maximum absolute atomic E-state index is 12.2. The Bertz CT molecular complexity index is 639. The van der Waals surface area contributed by atoms with Crippen molar-refractivity contribution in [3.8, 4) is 0 Å². The fourth-order valence-electron chi connectivity index (χ4n) is 1.77. The fraction of sp³-hybridized carbons (Fsp3) is 0.200. The third kappa shape index (κ3) is 4.77. The average Bonchev–Trinajstić information content (AvgIpc) is 2.40. The Labute approximate surface area is 163 Å². The van der Waals surface area contributed by atoms with Crippen LogP contribution in [0.25, 0.3) is 4.72 Å². The van der Waals surface area contributed by atoms with E-state index in [9.17, 15) is 8.42 Å². The van der Waals surface area contributed by atoms with Gasteiger partial charge >= 0.3 is 51.4 Å². The number of hydrogen-bond acceptors (Lipinski definition) is 2. The zero-order valence-electron chi connectivity index (χ0n) is 11.9. The van der Waals surface area contributed by atoms with Gasteiger partial charge in [-0.1, -0.05) is 60.5 Å². The molecule has 3 nitrogen and oxygen atoms in total. The number of sulfonamides is 1. The van der Waals surface area contributed by atoms with Gasteiger partial charge in [-0.05, 0) is 19.1 Å². The van der Waals surface area contributed by atoms with Crippen molar-refractivity contribution in [2.45, 2.75) is 24.8 Å². The van der Waals surface area contributed by atoms with E-state index in [1.807, 2.05) is 37.3 Å². The van der Waals surface area contributed by atoms with Crippen LogP contribution in [-0.2, 0) is 10.0 Å². The Balaban J connectivity index is 0.00000200. The molecule has 2 aromatic carbocycles. The number of aryl methyl sites for hydroxylation is 1. The van der Waals surface area contributed by atoms with Crippen LogP contribution in [0, 0.1) is 6.92 Å². The molecular formula is C15H16KNO2S. The summed E-state index contributed by atoms with van der Waals surface area (Å²) in [5.41, 5.74) is 1.91. The monoisotopic (exact) mass is 313 g/mol. The quantitative estimate of drug-likeness (QED) is 0.785. The first-order valence-electron chi connectivity index (χ1n) is 6.08. The molecule has 0 bridgehead atoms. The minimum Gasteiger partial charge on any atom is -0.538 e. The van der Waals surface area contributed by atoms with Crippen LogP contribution >= 0.6 is 0 Å². The van der Waals surface area contributed by atoms with Crippen LogP contribution in [-0.4, -0.2) is 8.42 Å². The van der Waals surface area contributed by atoms with E-state index in [0.29, 0.717) is 0 Å². The van der Waals surface area contributed by atoms with Gasteiger partial charge in [0.2, 0.25) is 0 Å². The van der Waals surface area contributed by atoms with Gasteiger partial charge in [0.15, 0.2) is 0 Å². The van der Waals surface area contributed by atoms with Crippen LogP contribution in [0.2, 0.25) is 0 Å². The number of hydrogen-bond donors (Lipinski definition) is 0. The van der Waals surface area contributed by atoms with Crippen molar-refractivity contribution in [2.75, 3.05) is 0 Å². The molecule has 1 atom stereocenters. The molecule has 0 aliphatic rings. The maximum Gasteiger partial charge on any atom is 1.00 e. The minimum absolute atomic E-state index is 0. The normalized spacial score (nSPS) is 12.5. The van der Waals surface area contributed by atoms with Crippen LogP contribution in [0.15, 0.2) is 59.5 Å². The van der Waals surface area contributed by atoms with E-state index in [2.05, 4.69) is 4.72 Å². The largest absolute Gasteiger partial charge is 1.00 e. The topological polar surface area (TPSA) is 48.2 Å². The SMILES string of the molecule is Cc1ccc(S(=O)(=O)[N-][C@@H](C)c2ccccc2)cc1.[K+]. The van der Waals surface area contributed by atoms with Gasteiger partial charge in [0, 0.05) is 4.90 Å². The Morgan fingerprint density at radius 1 is 0.950 bits per heavy atom. The summed E-state index contributed by atoms with van der Waals surface area (Å²) in [6.07, 6.45) is 0. The number of rotatable bonds is 4. The van der Waals surface area contributed by atoms with E-state index in [0.717, 1.165) is 11.1 Å². The van der Waals surface area contributed by atoms with E-state index < -0.39 is 10.0 Å². The number of nitrogens with zero attached hydrogens (tertiary/aromatic N) is 1. The molecule has 0 heterocycles. The standard InChI is InChI=1S/C15H16NO2S.K/c1-12-8-10-15(11-9-12)19(17,18)16-13(2)14-6-4-3-5-7-14;/h3-11,13H,1-2H3;/q-1;+1/t13-;/m0./s1. The third-order valence-electron chi connectivity index (χ3n) is 2.90. The molecule has 0 spiro atoms. The molecule has 0 radical (unpaired) electrons. The summed E-state index contributed by atoms with van der Waals surface area (Å²) in [6, 6.07) is 15.7. The van der Waals surface area contributed by atoms with Gasteiger partial charge in [0.1, 0.15) is 10.0 Å². The first-order chi connectivity index (χ1) is 8.99. The molecule has 2 rings (SSSR count).